The van der Waals surface area contributed by atoms with Gasteiger partial charge >= 0.3 is 6.09 Å². The maximum atomic E-state index is 12.1. The van der Waals surface area contributed by atoms with E-state index in [-0.39, 0.29) is 17.8 Å². The van der Waals surface area contributed by atoms with E-state index in [1.54, 1.807) is 4.90 Å². The predicted octanol–water partition coefficient (Wildman–Crippen LogP) is 2.29. The molecule has 3 rings (SSSR count). The van der Waals surface area contributed by atoms with Crippen LogP contribution in [0.1, 0.15) is 37.8 Å². The average molecular weight is 276 g/mol. The second-order valence-corrected chi connectivity index (χ2v) is 6.68. The Bertz CT molecular complexity index is 551. The van der Waals surface area contributed by atoms with E-state index >= 15 is 0 Å². The molecule has 0 radical (unpaired) electrons. The summed E-state index contributed by atoms with van der Waals surface area (Å²) >= 11 is 0. The van der Waals surface area contributed by atoms with Gasteiger partial charge in [0.25, 0.3) is 0 Å². The minimum absolute atomic E-state index is 0.249. The van der Waals surface area contributed by atoms with Crippen molar-refractivity contribution in [3.05, 3.63) is 23.5 Å². The zero-order valence-corrected chi connectivity index (χ0v) is 12.1. The van der Waals surface area contributed by atoms with E-state index < -0.39 is 5.60 Å². The van der Waals surface area contributed by atoms with Gasteiger partial charge in [-0.05, 0) is 38.7 Å². The third-order valence-electron chi connectivity index (χ3n) is 4.03. The van der Waals surface area contributed by atoms with Crippen LogP contribution in [0.25, 0.3) is 0 Å². The molecule has 1 fully saturated rings. The lowest BCUT2D eigenvalue weighted by atomic mass is 9.97. The van der Waals surface area contributed by atoms with Gasteiger partial charge < -0.3 is 14.7 Å². The van der Waals surface area contributed by atoms with Crippen molar-refractivity contribution in [2.45, 2.75) is 38.7 Å². The van der Waals surface area contributed by atoms with E-state index in [9.17, 15) is 9.90 Å². The van der Waals surface area contributed by atoms with Crippen LogP contribution in [0.3, 0.4) is 0 Å². The van der Waals surface area contributed by atoms with E-state index in [0.29, 0.717) is 19.0 Å². The second kappa shape index (κ2) is 4.36. The number of pyridine rings is 1. The van der Waals surface area contributed by atoms with Crippen LogP contribution in [-0.2, 0) is 11.2 Å². The molecule has 2 heterocycles. The van der Waals surface area contributed by atoms with Crippen LogP contribution in [0.15, 0.2) is 12.4 Å². The lowest BCUT2D eigenvalue weighted by Crippen LogP contribution is -2.35. The van der Waals surface area contributed by atoms with Crippen LogP contribution < -0.4 is 0 Å². The standard InChI is InChI=1S/C15H20N2O3/c1-15(2,3)20-14(19)17-7-9-4-10-11(12(9)8-17)5-16-6-13(10)18/h5-6,9,12,18H,4,7-8H2,1-3H3. The molecule has 1 amide bonds. The maximum Gasteiger partial charge on any atom is 0.410 e. The summed E-state index contributed by atoms with van der Waals surface area (Å²) in [6, 6.07) is 0. The molecule has 0 saturated carbocycles. The number of aromatic nitrogens is 1. The average Bonchev–Trinajstić information content (AvgIpc) is 2.85. The normalized spacial score (nSPS) is 24.4. The monoisotopic (exact) mass is 276 g/mol. The summed E-state index contributed by atoms with van der Waals surface area (Å²) in [5.74, 6) is 0.922. The smallest absolute Gasteiger partial charge is 0.410 e. The fourth-order valence-electron chi connectivity index (χ4n) is 3.20. The van der Waals surface area contributed by atoms with E-state index in [1.165, 1.54) is 6.20 Å². The van der Waals surface area contributed by atoms with Gasteiger partial charge in [0.15, 0.2) is 0 Å². The Balaban J connectivity index is 1.75. The van der Waals surface area contributed by atoms with Crippen molar-refractivity contribution < 1.29 is 14.6 Å². The molecule has 2 unspecified atom stereocenters. The molecule has 1 N–H and O–H groups in total. The molecule has 5 nitrogen and oxygen atoms in total. The van der Waals surface area contributed by atoms with E-state index in [1.807, 2.05) is 27.0 Å². The Labute approximate surface area is 118 Å². The van der Waals surface area contributed by atoms with Crippen LogP contribution in [0, 0.1) is 5.92 Å². The van der Waals surface area contributed by atoms with Gasteiger partial charge in [-0.3, -0.25) is 4.98 Å². The summed E-state index contributed by atoms with van der Waals surface area (Å²) in [6.45, 7) is 6.96. The molecule has 0 aromatic carbocycles. The molecule has 1 aromatic heterocycles. The first-order valence-corrected chi connectivity index (χ1v) is 6.99. The molecule has 1 saturated heterocycles. The van der Waals surface area contributed by atoms with Gasteiger partial charge in [0.1, 0.15) is 11.4 Å². The Morgan fingerprint density at radius 3 is 2.85 bits per heavy atom. The topological polar surface area (TPSA) is 62.7 Å². The van der Waals surface area contributed by atoms with E-state index in [0.717, 1.165) is 17.5 Å². The molecule has 108 valence electrons. The molecule has 2 atom stereocenters. The summed E-state index contributed by atoms with van der Waals surface area (Å²) in [6.07, 6.45) is 3.87. The quantitative estimate of drug-likeness (QED) is 0.789. The highest BCUT2D eigenvalue weighted by molar-refractivity contribution is 5.69. The Hall–Kier alpha value is -1.78. The van der Waals surface area contributed by atoms with Crippen molar-refractivity contribution in [1.82, 2.24) is 9.88 Å². The molecular formula is C15H20N2O3. The molecule has 1 aliphatic carbocycles. The molecule has 0 bridgehead atoms. The SMILES string of the molecule is CC(C)(C)OC(=O)N1CC2Cc3c(O)cncc3C2C1. The van der Waals surface area contributed by atoms with E-state index in [2.05, 4.69) is 4.98 Å². The second-order valence-electron chi connectivity index (χ2n) is 6.68. The molecule has 5 heteroatoms. The van der Waals surface area contributed by atoms with E-state index in [4.69, 9.17) is 4.74 Å². The van der Waals surface area contributed by atoms with Gasteiger partial charge in [0.05, 0.1) is 6.20 Å². The predicted molar refractivity (Wildman–Crippen MR) is 73.6 cm³/mol. The van der Waals surface area contributed by atoms with Gasteiger partial charge in [-0.1, -0.05) is 0 Å². The highest BCUT2D eigenvalue weighted by Crippen LogP contribution is 2.45. The molecule has 20 heavy (non-hydrogen) atoms. The van der Waals surface area contributed by atoms with Gasteiger partial charge in [-0.15, -0.1) is 0 Å². The maximum absolute atomic E-state index is 12.1. The minimum atomic E-state index is -0.466. The molecule has 0 spiro atoms. The lowest BCUT2D eigenvalue weighted by molar-refractivity contribution is 0.0286. The summed E-state index contributed by atoms with van der Waals surface area (Å²) < 4.78 is 5.42. The van der Waals surface area contributed by atoms with Crippen molar-refractivity contribution in [3.63, 3.8) is 0 Å². The van der Waals surface area contributed by atoms with Crippen LogP contribution in [0.2, 0.25) is 0 Å². The third-order valence-corrected chi connectivity index (χ3v) is 4.03. The number of carbonyl (C=O) groups is 1. The Morgan fingerprint density at radius 2 is 2.15 bits per heavy atom. The van der Waals surface area contributed by atoms with Crippen LogP contribution in [0.4, 0.5) is 4.79 Å². The summed E-state index contributed by atoms with van der Waals surface area (Å²) in [7, 11) is 0. The zero-order valence-electron chi connectivity index (χ0n) is 12.1. The van der Waals surface area contributed by atoms with Crippen LogP contribution in [-0.4, -0.2) is 39.8 Å². The summed E-state index contributed by atoms with van der Waals surface area (Å²) in [4.78, 5) is 17.9. The van der Waals surface area contributed by atoms with Crippen LogP contribution in [0.5, 0.6) is 5.75 Å². The highest BCUT2D eigenvalue weighted by atomic mass is 16.6. The number of hydrogen-bond acceptors (Lipinski definition) is 4. The number of nitrogens with zero attached hydrogens (tertiary/aromatic N) is 2. The van der Waals surface area contributed by atoms with Gasteiger partial charge in [0, 0.05) is 30.8 Å². The first kappa shape index (κ1) is 13.2. The number of hydrogen-bond donors (Lipinski definition) is 1. The molecule has 2 aliphatic rings. The fourth-order valence-corrected chi connectivity index (χ4v) is 3.20. The number of amides is 1. The molecule has 1 aliphatic heterocycles. The van der Waals surface area contributed by atoms with Crippen molar-refractivity contribution in [2.24, 2.45) is 5.92 Å². The number of carbonyl (C=O) groups excluding carboxylic acids is 1. The van der Waals surface area contributed by atoms with Gasteiger partial charge in [-0.2, -0.15) is 0 Å². The number of rotatable bonds is 0. The first-order valence-electron chi connectivity index (χ1n) is 6.99. The first-order chi connectivity index (χ1) is 9.35. The number of fused-ring (bicyclic) bond motifs is 3. The number of aromatic hydroxyl groups is 1. The van der Waals surface area contributed by atoms with Crippen molar-refractivity contribution in [1.29, 1.82) is 0 Å². The third kappa shape index (κ3) is 2.21. The highest BCUT2D eigenvalue weighted by Gasteiger charge is 2.43. The van der Waals surface area contributed by atoms with Gasteiger partial charge in [0.2, 0.25) is 0 Å². The Kier molecular flexibility index (Phi) is 2.88. The Morgan fingerprint density at radius 1 is 1.40 bits per heavy atom. The minimum Gasteiger partial charge on any atom is -0.506 e. The summed E-state index contributed by atoms with van der Waals surface area (Å²) in [5, 5.41) is 9.85. The zero-order chi connectivity index (χ0) is 14.5. The van der Waals surface area contributed by atoms with Gasteiger partial charge in [-0.25, -0.2) is 4.79 Å². The molecular weight excluding hydrogens is 256 g/mol. The van der Waals surface area contributed by atoms with Crippen LogP contribution >= 0.6 is 0 Å². The fraction of sp³-hybridized carbons (Fsp3) is 0.600. The number of likely N-dealkylation sites (tertiary alicyclic amines) is 1. The summed E-state index contributed by atoms with van der Waals surface area (Å²) in [5.41, 5.74) is 1.62. The number of ether oxygens (including phenoxy) is 1. The van der Waals surface area contributed by atoms with Crippen molar-refractivity contribution >= 4 is 6.09 Å². The lowest BCUT2D eigenvalue weighted by Gasteiger charge is -2.25. The molecule has 1 aromatic rings. The largest absolute Gasteiger partial charge is 0.506 e. The van der Waals surface area contributed by atoms with Crippen molar-refractivity contribution in [2.75, 3.05) is 13.1 Å². The van der Waals surface area contributed by atoms with Crippen molar-refractivity contribution in [3.8, 4) is 5.75 Å².